The van der Waals surface area contributed by atoms with Crippen molar-refractivity contribution in [3.05, 3.63) is 28.5 Å². The highest BCUT2D eigenvalue weighted by Crippen LogP contribution is 2.08. The zero-order valence-corrected chi connectivity index (χ0v) is 12.1. The summed E-state index contributed by atoms with van der Waals surface area (Å²) in [5.74, 6) is -0.837. The summed E-state index contributed by atoms with van der Waals surface area (Å²) >= 11 is 4.75. The van der Waals surface area contributed by atoms with Gasteiger partial charge in [0.25, 0.3) is 5.91 Å². The van der Waals surface area contributed by atoms with Gasteiger partial charge in [0.2, 0.25) is 0 Å². The van der Waals surface area contributed by atoms with Crippen LogP contribution in [0.5, 0.6) is 0 Å². The Labute approximate surface area is 117 Å². The minimum atomic E-state index is -1.03. The monoisotopic (exact) mass is 332 g/mol. The lowest BCUT2D eigenvalue weighted by atomic mass is 10.2. The van der Waals surface area contributed by atoms with Crippen LogP contribution in [0.1, 0.15) is 16.9 Å². The normalized spacial score (nSPS) is 11.9. The zero-order chi connectivity index (χ0) is 13.5. The summed E-state index contributed by atoms with van der Waals surface area (Å²) < 4.78 is 0.760. The van der Waals surface area contributed by atoms with E-state index in [1.54, 1.807) is 6.07 Å². The van der Waals surface area contributed by atoms with Gasteiger partial charge in [0.15, 0.2) is 0 Å². The van der Waals surface area contributed by atoms with E-state index in [1.165, 1.54) is 24.0 Å². The maximum atomic E-state index is 11.8. The van der Waals surface area contributed by atoms with Crippen LogP contribution in [-0.4, -0.2) is 40.0 Å². The molecule has 18 heavy (non-hydrogen) atoms. The van der Waals surface area contributed by atoms with Gasteiger partial charge in [-0.3, -0.25) is 4.79 Å². The van der Waals surface area contributed by atoms with Crippen molar-refractivity contribution in [2.75, 3.05) is 12.0 Å². The van der Waals surface area contributed by atoms with Gasteiger partial charge in [0.1, 0.15) is 11.7 Å². The quantitative estimate of drug-likeness (QED) is 0.830. The number of rotatable bonds is 6. The van der Waals surface area contributed by atoms with Crippen molar-refractivity contribution in [1.82, 2.24) is 10.3 Å². The molecule has 0 spiro atoms. The zero-order valence-electron chi connectivity index (χ0n) is 9.72. The van der Waals surface area contributed by atoms with Crippen molar-refractivity contribution in [1.29, 1.82) is 0 Å². The third-order valence-electron chi connectivity index (χ3n) is 2.17. The Morgan fingerprint density at radius 3 is 2.78 bits per heavy atom. The lowest BCUT2D eigenvalue weighted by molar-refractivity contribution is -0.139. The van der Waals surface area contributed by atoms with Gasteiger partial charge < -0.3 is 10.4 Å². The number of hydrogen-bond donors (Lipinski definition) is 2. The number of thioether (sulfide) groups is 1. The van der Waals surface area contributed by atoms with Crippen LogP contribution in [0, 0.1) is 0 Å². The molecule has 1 aromatic heterocycles. The van der Waals surface area contributed by atoms with Crippen LogP contribution in [0.4, 0.5) is 0 Å². The summed E-state index contributed by atoms with van der Waals surface area (Å²) in [6.45, 7) is 0. The first-order valence-corrected chi connectivity index (χ1v) is 7.37. The average Bonchev–Trinajstić information content (AvgIpc) is 2.34. The van der Waals surface area contributed by atoms with E-state index >= 15 is 0 Å². The number of hydrogen-bond acceptors (Lipinski definition) is 4. The van der Waals surface area contributed by atoms with Crippen LogP contribution < -0.4 is 5.32 Å². The van der Waals surface area contributed by atoms with E-state index in [0.717, 1.165) is 4.47 Å². The highest BCUT2D eigenvalue weighted by Gasteiger charge is 2.20. The predicted molar refractivity (Wildman–Crippen MR) is 73.8 cm³/mol. The van der Waals surface area contributed by atoms with Gasteiger partial charge >= 0.3 is 5.97 Å². The second-order valence-corrected chi connectivity index (χ2v) is 5.41. The van der Waals surface area contributed by atoms with E-state index in [2.05, 4.69) is 26.2 Å². The number of halogens is 1. The summed E-state index contributed by atoms with van der Waals surface area (Å²) in [6, 6.07) is 2.34. The van der Waals surface area contributed by atoms with E-state index in [9.17, 15) is 9.59 Å². The topological polar surface area (TPSA) is 79.3 Å². The number of nitrogens with zero attached hydrogens (tertiary/aromatic N) is 1. The molecule has 1 heterocycles. The number of aromatic nitrogens is 1. The van der Waals surface area contributed by atoms with E-state index < -0.39 is 17.9 Å². The summed E-state index contributed by atoms with van der Waals surface area (Å²) in [5.41, 5.74) is 0.202. The first-order chi connectivity index (χ1) is 8.54. The molecule has 0 fully saturated rings. The summed E-state index contributed by atoms with van der Waals surface area (Å²) in [4.78, 5) is 26.7. The number of aliphatic carboxylic acids is 1. The van der Waals surface area contributed by atoms with Crippen LogP contribution in [0.25, 0.3) is 0 Å². The number of carbonyl (C=O) groups excluding carboxylic acids is 1. The van der Waals surface area contributed by atoms with Gasteiger partial charge in [-0.05, 0) is 46.5 Å². The van der Waals surface area contributed by atoms with Gasteiger partial charge in [0.05, 0.1) is 0 Å². The van der Waals surface area contributed by atoms with Crippen molar-refractivity contribution >= 4 is 39.6 Å². The molecule has 0 saturated heterocycles. The number of pyridine rings is 1. The summed E-state index contributed by atoms with van der Waals surface area (Å²) in [6.07, 6.45) is 3.77. The van der Waals surface area contributed by atoms with Crippen LogP contribution in [-0.2, 0) is 4.79 Å². The number of nitrogens with one attached hydrogen (secondary N) is 1. The van der Waals surface area contributed by atoms with Gasteiger partial charge in [-0.25, -0.2) is 9.78 Å². The largest absolute Gasteiger partial charge is 0.480 e. The number of carbonyl (C=O) groups is 2. The Kier molecular flexibility index (Phi) is 6.14. The number of carboxylic acids is 1. The molecule has 98 valence electrons. The molecule has 1 atom stereocenters. The van der Waals surface area contributed by atoms with Crippen molar-refractivity contribution in [2.24, 2.45) is 0 Å². The third-order valence-corrected chi connectivity index (χ3v) is 3.29. The standard InChI is InChI=1S/C11H13BrN2O3S/c1-18-5-4-9(11(16)17)14-10(15)8-3-2-7(12)6-13-8/h2-3,6,9H,4-5H2,1H3,(H,14,15)(H,16,17)/t9-/m0/s1. The number of carboxylic acid groups (broad SMARTS) is 1. The second kappa shape index (κ2) is 7.38. The van der Waals surface area contributed by atoms with Crippen LogP contribution in [0.15, 0.2) is 22.8 Å². The Morgan fingerprint density at radius 1 is 1.56 bits per heavy atom. The molecule has 0 bridgehead atoms. The molecule has 0 aliphatic heterocycles. The lowest BCUT2D eigenvalue weighted by Gasteiger charge is -2.13. The Hall–Kier alpha value is -1.08. The average molecular weight is 333 g/mol. The van der Waals surface area contributed by atoms with Crippen molar-refractivity contribution in [2.45, 2.75) is 12.5 Å². The molecule has 0 aliphatic carbocycles. The van der Waals surface area contributed by atoms with E-state index in [-0.39, 0.29) is 5.69 Å². The molecule has 1 rings (SSSR count). The highest BCUT2D eigenvalue weighted by molar-refractivity contribution is 9.10. The molecule has 0 aromatic carbocycles. The minimum absolute atomic E-state index is 0.202. The lowest BCUT2D eigenvalue weighted by Crippen LogP contribution is -2.41. The molecule has 5 nitrogen and oxygen atoms in total. The van der Waals surface area contributed by atoms with Crippen LogP contribution >= 0.6 is 27.7 Å². The number of amides is 1. The minimum Gasteiger partial charge on any atom is -0.480 e. The Balaban J connectivity index is 2.66. The molecule has 0 saturated carbocycles. The summed E-state index contributed by atoms with van der Waals surface area (Å²) in [7, 11) is 0. The predicted octanol–water partition coefficient (Wildman–Crippen LogP) is 1.78. The maximum Gasteiger partial charge on any atom is 0.326 e. The van der Waals surface area contributed by atoms with E-state index in [0.29, 0.717) is 12.2 Å². The molecule has 7 heteroatoms. The first-order valence-electron chi connectivity index (χ1n) is 5.18. The van der Waals surface area contributed by atoms with Gasteiger partial charge in [-0.15, -0.1) is 0 Å². The summed E-state index contributed by atoms with van der Waals surface area (Å²) in [5, 5.41) is 11.4. The highest BCUT2D eigenvalue weighted by atomic mass is 79.9. The third kappa shape index (κ3) is 4.66. The van der Waals surface area contributed by atoms with E-state index in [1.807, 2.05) is 6.26 Å². The van der Waals surface area contributed by atoms with E-state index in [4.69, 9.17) is 5.11 Å². The maximum absolute atomic E-state index is 11.8. The van der Waals surface area contributed by atoms with Gasteiger partial charge in [0, 0.05) is 10.7 Å². The Bertz CT molecular complexity index is 425. The van der Waals surface area contributed by atoms with Crippen LogP contribution in [0.2, 0.25) is 0 Å². The molecule has 0 radical (unpaired) electrons. The fourth-order valence-electron chi connectivity index (χ4n) is 1.24. The first kappa shape index (κ1) is 15.0. The molecule has 0 aliphatic rings. The molecule has 1 aromatic rings. The fraction of sp³-hybridized carbons (Fsp3) is 0.364. The van der Waals surface area contributed by atoms with Crippen molar-refractivity contribution in [3.63, 3.8) is 0 Å². The molecule has 0 unspecified atom stereocenters. The van der Waals surface area contributed by atoms with Crippen molar-refractivity contribution in [3.8, 4) is 0 Å². The van der Waals surface area contributed by atoms with Gasteiger partial charge in [-0.2, -0.15) is 11.8 Å². The molecule has 2 N–H and O–H groups in total. The van der Waals surface area contributed by atoms with Crippen LogP contribution in [0.3, 0.4) is 0 Å². The fourth-order valence-corrected chi connectivity index (χ4v) is 1.94. The van der Waals surface area contributed by atoms with Crippen molar-refractivity contribution < 1.29 is 14.7 Å². The molecule has 1 amide bonds. The SMILES string of the molecule is CSCC[C@H](NC(=O)c1ccc(Br)cn1)C(=O)O. The molecular formula is C11H13BrN2O3S. The van der Waals surface area contributed by atoms with Gasteiger partial charge in [-0.1, -0.05) is 0 Å². The second-order valence-electron chi connectivity index (χ2n) is 3.51. The Morgan fingerprint density at radius 2 is 2.28 bits per heavy atom. The smallest absolute Gasteiger partial charge is 0.326 e. The molecular weight excluding hydrogens is 320 g/mol.